The molecule has 0 spiro atoms. The number of carbonyl (C=O) groups excluding carboxylic acids is 2. The highest BCUT2D eigenvalue weighted by Crippen LogP contribution is 2.41. The first-order valence-corrected chi connectivity index (χ1v) is 15.8. The summed E-state index contributed by atoms with van der Waals surface area (Å²) < 4.78 is 19.1. The lowest BCUT2D eigenvalue weighted by atomic mass is 9.87. The van der Waals surface area contributed by atoms with Crippen molar-refractivity contribution in [3.05, 3.63) is 117 Å². The molecule has 2 N–H and O–H groups in total. The number of benzene rings is 4. The third-order valence-electron chi connectivity index (χ3n) is 8.82. The summed E-state index contributed by atoms with van der Waals surface area (Å²) in [6.07, 6.45) is 1.03. The molecule has 0 aliphatic carbocycles. The molecule has 4 aromatic carbocycles. The second-order valence-corrected chi connectivity index (χ2v) is 11.8. The van der Waals surface area contributed by atoms with E-state index in [4.69, 9.17) is 14.2 Å². The van der Waals surface area contributed by atoms with Crippen LogP contribution in [0.3, 0.4) is 0 Å². The summed E-state index contributed by atoms with van der Waals surface area (Å²) in [4.78, 5) is 42.2. The second-order valence-electron chi connectivity index (χ2n) is 11.8. The minimum atomic E-state index is -0.501. The van der Waals surface area contributed by atoms with Crippen LogP contribution in [-0.2, 0) is 17.8 Å². The van der Waals surface area contributed by atoms with Crippen molar-refractivity contribution in [1.82, 2.24) is 20.0 Å². The predicted octanol–water partition coefficient (Wildman–Crippen LogP) is 4.90. The number of nitrogens with zero attached hydrogens (tertiary/aromatic N) is 3. The molecule has 3 aliphatic rings. The highest BCUT2D eigenvalue weighted by Gasteiger charge is 2.33. The van der Waals surface area contributed by atoms with Gasteiger partial charge in [-0.15, -0.1) is 0 Å². The third kappa shape index (κ3) is 5.79. The Morgan fingerprint density at radius 2 is 1.81 bits per heavy atom. The number of nitrogens with one attached hydrogen (secondary N) is 1. The number of methoxy groups -OCH3 is 1. The summed E-state index contributed by atoms with van der Waals surface area (Å²) in [5.74, 6) is 1.15. The van der Waals surface area contributed by atoms with Gasteiger partial charge in [0.2, 0.25) is 5.91 Å². The van der Waals surface area contributed by atoms with Crippen LogP contribution in [0, 0.1) is 6.92 Å². The van der Waals surface area contributed by atoms with E-state index >= 15 is 0 Å². The number of phenols is 1. The van der Waals surface area contributed by atoms with Crippen molar-refractivity contribution in [2.75, 3.05) is 26.8 Å². The number of carbonyl (C=O) groups is 2. The number of ether oxygens (including phenoxy) is 3. The summed E-state index contributed by atoms with van der Waals surface area (Å²) >= 11 is 0. The summed E-state index contributed by atoms with van der Waals surface area (Å²) in [6, 6.07) is 22.6. The Morgan fingerprint density at radius 1 is 1.02 bits per heavy atom. The summed E-state index contributed by atoms with van der Waals surface area (Å²) in [6.45, 7) is 2.58. The van der Waals surface area contributed by atoms with Gasteiger partial charge < -0.3 is 29.5 Å². The van der Waals surface area contributed by atoms with Crippen molar-refractivity contribution < 1.29 is 28.9 Å². The van der Waals surface area contributed by atoms with E-state index in [1.807, 2.05) is 55.5 Å². The van der Waals surface area contributed by atoms with Gasteiger partial charge in [0.1, 0.15) is 23.8 Å². The fraction of sp³-hybridized carbons (Fsp3) is 0.243. The normalized spacial score (nSPS) is 15.9. The molecule has 11 heteroatoms. The van der Waals surface area contributed by atoms with Crippen LogP contribution >= 0.6 is 0 Å². The van der Waals surface area contributed by atoms with E-state index in [1.165, 1.54) is 16.8 Å². The molecule has 8 rings (SSSR count). The van der Waals surface area contributed by atoms with Gasteiger partial charge in [0.25, 0.3) is 11.5 Å². The first-order chi connectivity index (χ1) is 23.3. The number of fused-ring (bicyclic) bond motifs is 7. The number of aryl methyl sites for hydroxylation is 1. The fourth-order valence-corrected chi connectivity index (χ4v) is 6.45. The molecule has 1 aromatic heterocycles. The van der Waals surface area contributed by atoms with E-state index in [1.54, 1.807) is 30.2 Å². The number of phenolic OH excluding ortho intramolecular Hbond substituents is 1. The van der Waals surface area contributed by atoms with E-state index in [-0.39, 0.29) is 35.9 Å². The topological polar surface area (TPSA) is 132 Å². The van der Waals surface area contributed by atoms with Gasteiger partial charge in [-0.05, 0) is 85.0 Å². The molecule has 0 saturated heterocycles. The SMILES string of the molecule is COc1ccc2cc1OCCCNC(=O)c1cc(ccc1O)Oc1ccc3c(c1)CCN(C(=O)Cn1nc(C)c4ccccc4c1=O)C23. The first-order valence-electron chi connectivity index (χ1n) is 15.8. The Hall–Kier alpha value is -5.84. The van der Waals surface area contributed by atoms with Crippen molar-refractivity contribution in [2.24, 2.45) is 0 Å². The first kappa shape index (κ1) is 30.8. The molecule has 0 radical (unpaired) electrons. The maximum atomic E-state index is 14.2. The highest BCUT2D eigenvalue weighted by atomic mass is 16.5. The smallest absolute Gasteiger partial charge is 0.275 e. The zero-order valence-corrected chi connectivity index (χ0v) is 26.6. The van der Waals surface area contributed by atoms with Crippen LogP contribution in [0.4, 0.5) is 0 Å². The summed E-state index contributed by atoms with van der Waals surface area (Å²) in [5.41, 5.74) is 3.15. The van der Waals surface area contributed by atoms with Crippen molar-refractivity contribution in [1.29, 1.82) is 0 Å². The van der Waals surface area contributed by atoms with Gasteiger partial charge in [-0.1, -0.05) is 30.3 Å². The van der Waals surface area contributed by atoms with Gasteiger partial charge in [0, 0.05) is 18.5 Å². The minimum absolute atomic E-state index is 0.103. The number of hydrogen-bond donors (Lipinski definition) is 2. The Bertz CT molecular complexity index is 2130. The van der Waals surface area contributed by atoms with E-state index in [0.717, 1.165) is 22.1 Å². The van der Waals surface area contributed by atoms with Crippen LogP contribution in [-0.4, -0.2) is 58.4 Å². The van der Waals surface area contributed by atoms with Crippen molar-refractivity contribution >= 4 is 22.6 Å². The standard InChI is InChI=1S/C37H34N4O7/c1-22-27-6-3-4-7-29(27)37(45)41(39-22)21-34(43)40-16-14-23-18-25-9-11-28(23)35(40)24-8-13-32(46-2)33(19-24)47-17-5-15-38-36(44)30-20-26(48-25)10-12-31(30)42/h3-4,6-13,18-20,35,42H,5,14-17,21H2,1-2H3,(H,38,44). The van der Waals surface area contributed by atoms with Gasteiger partial charge in [0.05, 0.1) is 36.4 Å². The number of rotatable bonds is 3. The maximum Gasteiger partial charge on any atom is 0.275 e. The maximum absolute atomic E-state index is 14.2. The highest BCUT2D eigenvalue weighted by molar-refractivity contribution is 5.97. The Morgan fingerprint density at radius 3 is 2.65 bits per heavy atom. The van der Waals surface area contributed by atoms with Gasteiger partial charge in [-0.3, -0.25) is 14.4 Å². The molecule has 1 atom stereocenters. The molecule has 244 valence electrons. The van der Waals surface area contributed by atoms with Crippen LogP contribution < -0.4 is 25.1 Å². The van der Waals surface area contributed by atoms with E-state index < -0.39 is 11.9 Å². The van der Waals surface area contributed by atoms with Gasteiger partial charge in [0.15, 0.2) is 11.5 Å². The average molecular weight is 647 g/mol. The lowest BCUT2D eigenvalue weighted by Crippen LogP contribution is -2.43. The lowest BCUT2D eigenvalue weighted by Gasteiger charge is -2.38. The van der Waals surface area contributed by atoms with Gasteiger partial charge in [-0.25, -0.2) is 4.68 Å². The molecule has 11 nitrogen and oxygen atoms in total. The van der Waals surface area contributed by atoms with Crippen LogP contribution in [0.5, 0.6) is 28.7 Å². The van der Waals surface area contributed by atoms with E-state index in [2.05, 4.69) is 10.4 Å². The van der Waals surface area contributed by atoms with Crippen LogP contribution in [0.15, 0.2) is 83.7 Å². The molecular weight excluding hydrogens is 612 g/mol. The summed E-state index contributed by atoms with van der Waals surface area (Å²) in [7, 11) is 1.56. The molecule has 0 saturated carbocycles. The monoisotopic (exact) mass is 646 g/mol. The summed E-state index contributed by atoms with van der Waals surface area (Å²) in [5, 5.41) is 19.0. The molecular formula is C37H34N4O7. The lowest BCUT2D eigenvalue weighted by molar-refractivity contribution is -0.134. The largest absolute Gasteiger partial charge is 0.507 e. The number of aromatic nitrogens is 2. The zero-order valence-electron chi connectivity index (χ0n) is 26.6. The Kier molecular flexibility index (Phi) is 8.18. The molecule has 0 fully saturated rings. The molecule has 5 aromatic rings. The van der Waals surface area contributed by atoms with Crippen molar-refractivity contribution in [2.45, 2.75) is 32.4 Å². The van der Waals surface area contributed by atoms with Crippen LogP contribution in [0.1, 0.15) is 45.2 Å². The Labute approximate surface area is 276 Å². The number of hydrogen-bond acceptors (Lipinski definition) is 8. The zero-order chi connectivity index (χ0) is 33.4. The fourth-order valence-electron chi connectivity index (χ4n) is 6.45. The molecule has 48 heavy (non-hydrogen) atoms. The van der Waals surface area contributed by atoms with Gasteiger partial charge in [-0.2, -0.15) is 5.10 Å². The number of aromatic hydroxyl groups is 1. The molecule has 1 unspecified atom stereocenters. The molecule has 2 amide bonds. The Balaban J connectivity index is 1.30. The molecule has 8 bridgehead atoms. The van der Waals surface area contributed by atoms with E-state index in [9.17, 15) is 19.5 Å². The van der Waals surface area contributed by atoms with Crippen molar-refractivity contribution in [3.8, 4) is 28.7 Å². The number of amides is 2. The van der Waals surface area contributed by atoms with Crippen molar-refractivity contribution in [3.63, 3.8) is 0 Å². The van der Waals surface area contributed by atoms with Crippen LogP contribution in [0.25, 0.3) is 10.8 Å². The van der Waals surface area contributed by atoms with Crippen LogP contribution in [0.2, 0.25) is 0 Å². The minimum Gasteiger partial charge on any atom is -0.507 e. The molecule has 3 aliphatic heterocycles. The third-order valence-corrected chi connectivity index (χ3v) is 8.82. The predicted molar refractivity (Wildman–Crippen MR) is 178 cm³/mol. The second kappa shape index (κ2) is 12.7. The molecule has 4 heterocycles. The van der Waals surface area contributed by atoms with E-state index in [0.29, 0.717) is 60.0 Å². The quantitative estimate of drug-likeness (QED) is 0.283. The average Bonchev–Trinajstić information content (AvgIpc) is 3.10. The van der Waals surface area contributed by atoms with Gasteiger partial charge >= 0.3 is 0 Å².